The van der Waals surface area contributed by atoms with E-state index in [0.29, 0.717) is 13.0 Å². The van der Waals surface area contributed by atoms with Crippen LogP contribution in [0.1, 0.15) is 71.9 Å². The molecule has 31 heavy (non-hydrogen) atoms. The van der Waals surface area contributed by atoms with Crippen LogP contribution in [0.15, 0.2) is 23.8 Å². The zero-order valence-corrected chi connectivity index (χ0v) is 20.1. The Hall–Kier alpha value is -1.63. The van der Waals surface area contributed by atoms with Crippen LogP contribution < -0.4 is 5.46 Å². The molecule has 5 nitrogen and oxygen atoms in total. The lowest BCUT2D eigenvalue weighted by molar-refractivity contribution is -0.143. The Morgan fingerprint density at radius 3 is 2.35 bits per heavy atom. The minimum Gasteiger partial charge on any atom is -0.466 e. The molecule has 0 aromatic heterocycles. The molecule has 2 aliphatic heterocycles. The third-order valence-electron chi connectivity index (χ3n) is 6.90. The number of piperidine rings is 1. The van der Waals surface area contributed by atoms with Crippen LogP contribution in [0.5, 0.6) is 0 Å². The Labute approximate surface area is 188 Å². The van der Waals surface area contributed by atoms with Crippen LogP contribution in [0.4, 0.5) is 0 Å². The van der Waals surface area contributed by atoms with Gasteiger partial charge in [-0.1, -0.05) is 36.8 Å². The fourth-order valence-electron chi connectivity index (χ4n) is 4.27. The van der Waals surface area contributed by atoms with Crippen molar-refractivity contribution in [3.8, 4) is 0 Å². The van der Waals surface area contributed by atoms with Gasteiger partial charge in [0.05, 0.1) is 24.2 Å². The zero-order valence-electron chi connectivity index (χ0n) is 20.1. The van der Waals surface area contributed by atoms with E-state index in [4.69, 9.17) is 14.0 Å². The van der Waals surface area contributed by atoms with Crippen LogP contribution in [0.3, 0.4) is 0 Å². The van der Waals surface area contributed by atoms with Gasteiger partial charge in [0.1, 0.15) is 0 Å². The number of likely N-dealkylation sites (tertiary alicyclic amines) is 1. The highest BCUT2D eigenvalue weighted by molar-refractivity contribution is 6.62. The molecule has 6 heteroatoms. The van der Waals surface area contributed by atoms with Crippen LogP contribution in [0.2, 0.25) is 0 Å². The molecule has 0 N–H and O–H groups in total. The van der Waals surface area contributed by atoms with Crippen molar-refractivity contribution in [3.63, 3.8) is 0 Å². The average molecular weight is 427 g/mol. The van der Waals surface area contributed by atoms with Gasteiger partial charge in [0.2, 0.25) is 0 Å². The number of nitrogens with zero attached hydrogens (tertiary/aromatic N) is 1. The highest BCUT2D eigenvalue weighted by Gasteiger charge is 2.52. The molecule has 3 rings (SSSR count). The normalized spacial score (nSPS) is 20.7. The number of benzene rings is 1. The van der Waals surface area contributed by atoms with Gasteiger partial charge in [-0.3, -0.25) is 4.79 Å². The summed E-state index contributed by atoms with van der Waals surface area (Å²) in [6, 6.07) is 6.45. The number of rotatable bonds is 7. The van der Waals surface area contributed by atoms with E-state index in [2.05, 4.69) is 63.8 Å². The first kappa shape index (κ1) is 24.0. The van der Waals surface area contributed by atoms with E-state index in [-0.39, 0.29) is 24.3 Å². The number of hydrogen-bond acceptors (Lipinski definition) is 5. The van der Waals surface area contributed by atoms with E-state index in [0.717, 1.165) is 44.4 Å². The summed E-state index contributed by atoms with van der Waals surface area (Å²) in [5.41, 5.74) is 4.50. The predicted molar refractivity (Wildman–Crippen MR) is 126 cm³/mol. The number of hydrogen-bond donors (Lipinski definition) is 0. The summed E-state index contributed by atoms with van der Waals surface area (Å²) >= 11 is 0. The van der Waals surface area contributed by atoms with Crippen LogP contribution >= 0.6 is 0 Å². The Balaban J connectivity index is 1.68. The summed E-state index contributed by atoms with van der Waals surface area (Å²) in [6.07, 6.45) is 5.84. The van der Waals surface area contributed by atoms with Crippen LogP contribution in [-0.4, -0.2) is 55.4 Å². The second-order valence-electron chi connectivity index (χ2n) is 9.56. The molecule has 0 aliphatic carbocycles. The topological polar surface area (TPSA) is 48.0 Å². The molecule has 0 bridgehead atoms. The van der Waals surface area contributed by atoms with E-state index in [9.17, 15) is 4.79 Å². The number of esters is 1. The Morgan fingerprint density at radius 2 is 1.77 bits per heavy atom. The van der Waals surface area contributed by atoms with Crippen molar-refractivity contribution >= 4 is 24.6 Å². The largest absolute Gasteiger partial charge is 0.495 e. The van der Waals surface area contributed by atoms with Crippen molar-refractivity contribution < 1.29 is 18.8 Å². The fourth-order valence-corrected chi connectivity index (χ4v) is 4.27. The second kappa shape index (κ2) is 9.89. The fraction of sp³-hybridized carbons (Fsp3) is 0.640. The van der Waals surface area contributed by atoms with Crippen LogP contribution in [-0.2, 0) is 25.3 Å². The van der Waals surface area contributed by atoms with Crippen molar-refractivity contribution in [2.24, 2.45) is 0 Å². The molecule has 0 atom stereocenters. The van der Waals surface area contributed by atoms with Gasteiger partial charge in [-0.05, 0) is 70.5 Å². The van der Waals surface area contributed by atoms with Crippen LogP contribution in [0.25, 0.3) is 6.08 Å². The minimum atomic E-state index is -0.340. The summed E-state index contributed by atoms with van der Waals surface area (Å²) < 4.78 is 17.7. The van der Waals surface area contributed by atoms with Gasteiger partial charge < -0.3 is 18.9 Å². The second-order valence-corrected chi connectivity index (χ2v) is 9.56. The highest BCUT2D eigenvalue weighted by Crippen LogP contribution is 2.37. The molecule has 2 fully saturated rings. The lowest BCUT2D eigenvalue weighted by Crippen LogP contribution is -2.41. The minimum absolute atomic E-state index is 0.101. The van der Waals surface area contributed by atoms with Gasteiger partial charge in [0.15, 0.2) is 0 Å². The van der Waals surface area contributed by atoms with Crippen LogP contribution in [0, 0.1) is 0 Å². The molecule has 1 aromatic rings. The summed E-state index contributed by atoms with van der Waals surface area (Å²) in [4.78, 5) is 14.0. The van der Waals surface area contributed by atoms with Gasteiger partial charge in [-0.25, -0.2) is 0 Å². The SMILES string of the molecule is CCOC(=O)CCN1CCC(=Cc2cccc(B3OC(C)(C)C(C)(C)O3)c2CC)CC1. The van der Waals surface area contributed by atoms with E-state index in [1.165, 1.54) is 16.7 Å². The summed E-state index contributed by atoms with van der Waals surface area (Å²) in [5, 5.41) is 0. The number of carbonyl (C=O) groups is 1. The van der Waals surface area contributed by atoms with Gasteiger partial charge in [-0.15, -0.1) is 0 Å². The maximum atomic E-state index is 11.6. The Bertz CT molecular complexity index is 792. The quantitative estimate of drug-likeness (QED) is 0.487. The average Bonchev–Trinajstić information content (AvgIpc) is 2.94. The molecule has 2 heterocycles. The first-order chi connectivity index (χ1) is 14.7. The molecule has 0 saturated carbocycles. The van der Waals surface area contributed by atoms with Gasteiger partial charge in [0.25, 0.3) is 0 Å². The van der Waals surface area contributed by atoms with Gasteiger partial charge in [0, 0.05) is 19.6 Å². The van der Waals surface area contributed by atoms with Crippen molar-refractivity contribution in [2.45, 2.75) is 78.4 Å². The maximum Gasteiger partial charge on any atom is 0.495 e. The van der Waals surface area contributed by atoms with Crippen molar-refractivity contribution in [2.75, 3.05) is 26.2 Å². The van der Waals surface area contributed by atoms with E-state index >= 15 is 0 Å². The molecular weight excluding hydrogens is 389 g/mol. The van der Waals surface area contributed by atoms with E-state index < -0.39 is 0 Å². The standard InChI is InChI=1S/C25H38BNO4/c1-7-21-20(10-9-11-22(21)26-30-24(3,4)25(5,6)31-26)18-19-12-15-27(16-13-19)17-14-23(28)29-8-2/h9-11,18H,7-8,12-17H2,1-6H3. The van der Waals surface area contributed by atoms with E-state index in [1.54, 1.807) is 0 Å². The molecule has 0 amide bonds. The molecule has 170 valence electrons. The molecule has 2 aliphatic rings. The maximum absolute atomic E-state index is 11.6. The smallest absolute Gasteiger partial charge is 0.466 e. The summed E-state index contributed by atoms with van der Waals surface area (Å²) in [6.45, 7) is 15.7. The third kappa shape index (κ3) is 5.60. The summed E-state index contributed by atoms with van der Waals surface area (Å²) in [5.74, 6) is -0.101. The number of carbonyl (C=O) groups excluding carboxylic acids is 1. The monoisotopic (exact) mass is 427 g/mol. The lowest BCUT2D eigenvalue weighted by Gasteiger charge is -2.32. The summed E-state index contributed by atoms with van der Waals surface area (Å²) in [7, 11) is -0.331. The predicted octanol–water partition coefficient (Wildman–Crippen LogP) is 3.98. The van der Waals surface area contributed by atoms with Gasteiger partial charge >= 0.3 is 13.1 Å². The highest BCUT2D eigenvalue weighted by atomic mass is 16.7. The molecular formula is C25H38BNO4. The first-order valence-electron chi connectivity index (χ1n) is 11.7. The van der Waals surface area contributed by atoms with Crippen molar-refractivity contribution in [3.05, 3.63) is 34.9 Å². The van der Waals surface area contributed by atoms with E-state index in [1.807, 2.05) is 6.92 Å². The van der Waals surface area contributed by atoms with Gasteiger partial charge in [-0.2, -0.15) is 0 Å². The zero-order chi connectivity index (χ0) is 22.6. The molecule has 0 unspecified atom stereocenters. The van der Waals surface area contributed by atoms with Crippen molar-refractivity contribution in [1.82, 2.24) is 4.90 Å². The first-order valence-corrected chi connectivity index (χ1v) is 11.7. The molecule has 0 spiro atoms. The Morgan fingerprint density at radius 1 is 1.13 bits per heavy atom. The molecule has 2 saturated heterocycles. The lowest BCUT2D eigenvalue weighted by atomic mass is 9.74. The van der Waals surface area contributed by atoms with Crippen molar-refractivity contribution in [1.29, 1.82) is 0 Å². The number of ether oxygens (including phenoxy) is 1. The molecule has 0 radical (unpaired) electrons. The molecule has 1 aromatic carbocycles. The third-order valence-corrected chi connectivity index (χ3v) is 6.90. The Kier molecular flexibility index (Phi) is 7.66.